The molecular formula is C14H14N2O. The summed E-state index contributed by atoms with van der Waals surface area (Å²) in [5.41, 5.74) is 8.21. The fourth-order valence-electron chi connectivity index (χ4n) is 1.62. The molecule has 1 amide bonds. The summed E-state index contributed by atoms with van der Waals surface area (Å²) in [4.78, 5) is 11.2. The van der Waals surface area contributed by atoms with E-state index in [-0.39, 0.29) is 12.5 Å². The highest BCUT2D eigenvalue weighted by Crippen LogP contribution is 2.22. The van der Waals surface area contributed by atoms with Gasteiger partial charge in [0.05, 0.1) is 6.54 Å². The maximum absolute atomic E-state index is 11.2. The highest BCUT2D eigenvalue weighted by atomic mass is 16.1. The zero-order chi connectivity index (χ0) is 12.1. The zero-order valence-corrected chi connectivity index (χ0v) is 9.39. The summed E-state index contributed by atoms with van der Waals surface area (Å²) >= 11 is 0. The molecule has 17 heavy (non-hydrogen) atoms. The van der Waals surface area contributed by atoms with Crippen LogP contribution in [0.3, 0.4) is 0 Å². The molecule has 2 rings (SSSR count). The third kappa shape index (κ3) is 2.92. The van der Waals surface area contributed by atoms with Gasteiger partial charge in [0.2, 0.25) is 5.91 Å². The average Bonchev–Trinajstić information content (AvgIpc) is 2.40. The number of amides is 1. The lowest BCUT2D eigenvalue weighted by molar-refractivity contribution is -0.114. The van der Waals surface area contributed by atoms with Crippen LogP contribution < -0.4 is 11.1 Å². The number of anilines is 1. The van der Waals surface area contributed by atoms with Crippen molar-refractivity contribution in [2.24, 2.45) is 5.73 Å². The summed E-state index contributed by atoms with van der Waals surface area (Å²) in [7, 11) is 0. The van der Waals surface area contributed by atoms with Crippen molar-refractivity contribution < 1.29 is 4.79 Å². The molecule has 0 atom stereocenters. The molecule has 2 aromatic carbocycles. The number of carbonyl (C=O) groups is 1. The summed E-state index contributed by atoms with van der Waals surface area (Å²) in [6.07, 6.45) is 0. The van der Waals surface area contributed by atoms with Gasteiger partial charge in [-0.2, -0.15) is 0 Å². The Labute approximate surface area is 100 Å². The van der Waals surface area contributed by atoms with Gasteiger partial charge in [0.1, 0.15) is 0 Å². The molecule has 0 saturated carbocycles. The molecule has 0 aliphatic carbocycles. The predicted octanol–water partition coefficient (Wildman–Crippen LogP) is 2.25. The van der Waals surface area contributed by atoms with Crippen LogP contribution in [0.4, 0.5) is 5.69 Å². The van der Waals surface area contributed by atoms with Crippen LogP contribution in [0.5, 0.6) is 0 Å². The van der Waals surface area contributed by atoms with Gasteiger partial charge < -0.3 is 11.1 Å². The van der Waals surface area contributed by atoms with Crippen molar-refractivity contribution in [3.05, 3.63) is 54.6 Å². The Morgan fingerprint density at radius 2 is 1.71 bits per heavy atom. The van der Waals surface area contributed by atoms with Crippen molar-refractivity contribution in [1.82, 2.24) is 0 Å². The van der Waals surface area contributed by atoms with Gasteiger partial charge in [0.15, 0.2) is 0 Å². The number of carbonyl (C=O) groups excluding carboxylic acids is 1. The van der Waals surface area contributed by atoms with E-state index in [0.717, 1.165) is 16.8 Å². The third-order valence-electron chi connectivity index (χ3n) is 2.44. The lowest BCUT2D eigenvalue weighted by Gasteiger charge is -2.06. The first-order chi connectivity index (χ1) is 8.29. The van der Waals surface area contributed by atoms with Crippen LogP contribution in [0.25, 0.3) is 11.1 Å². The summed E-state index contributed by atoms with van der Waals surface area (Å²) in [5, 5.41) is 2.74. The molecule has 0 heterocycles. The number of nitrogens with one attached hydrogen (secondary N) is 1. The van der Waals surface area contributed by atoms with Crippen molar-refractivity contribution in [3.8, 4) is 11.1 Å². The first-order valence-electron chi connectivity index (χ1n) is 5.45. The standard InChI is InChI=1S/C14H14N2O/c15-10-14(17)16-13-8-4-7-12(9-13)11-5-2-1-3-6-11/h1-9H,10,15H2,(H,16,17). The fourth-order valence-corrected chi connectivity index (χ4v) is 1.62. The topological polar surface area (TPSA) is 55.1 Å². The highest BCUT2D eigenvalue weighted by Gasteiger charge is 2.01. The van der Waals surface area contributed by atoms with Crippen molar-refractivity contribution in [1.29, 1.82) is 0 Å². The molecule has 3 heteroatoms. The van der Waals surface area contributed by atoms with E-state index in [4.69, 9.17) is 5.73 Å². The van der Waals surface area contributed by atoms with E-state index >= 15 is 0 Å². The van der Waals surface area contributed by atoms with Gasteiger partial charge >= 0.3 is 0 Å². The smallest absolute Gasteiger partial charge is 0.238 e. The molecule has 0 fully saturated rings. The molecule has 2 aromatic rings. The predicted molar refractivity (Wildman–Crippen MR) is 69.6 cm³/mol. The van der Waals surface area contributed by atoms with Crippen LogP contribution in [-0.4, -0.2) is 12.5 Å². The Hall–Kier alpha value is -2.13. The average molecular weight is 226 g/mol. The number of benzene rings is 2. The lowest BCUT2D eigenvalue weighted by Crippen LogP contribution is -2.21. The molecule has 86 valence electrons. The maximum atomic E-state index is 11.2. The second-order valence-electron chi connectivity index (χ2n) is 3.70. The first-order valence-corrected chi connectivity index (χ1v) is 5.45. The van der Waals surface area contributed by atoms with Gasteiger partial charge in [-0.25, -0.2) is 0 Å². The molecule has 0 unspecified atom stereocenters. The number of hydrogen-bond donors (Lipinski definition) is 2. The van der Waals surface area contributed by atoms with Crippen molar-refractivity contribution in [2.75, 3.05) is 11.9 Å². The summed E-state index contributed by atoms with van der Waals surface area (Å²) < 4.78 is 0. The van der Waals surface area contributed by atoms with E-state index in [1.54, 1.807) is 0 Å². The van der Waals surface area contributed by atoms with Gasteiger partial charge in [-0.05, 0) is 23.3 Å². The van der Waals surface area contributed by atoms with Crippen LogP contribution in [0.15, 0.2) is 54.6 Å². The van der Waals surface area contributed by atoms with Crippen LogP contribution >= 0.6 is 0 Å². The number of hydrogen-bond acceptors (Lipinski definition) is 2. The van der Waals surface area contributed by atoms with Gasteiger partial charge in [-0.1, -0.05) is 42.5 Å². The largest absolute Gasteiger partial charge is 0.325 e. The quantitative estimate of drug-likeness (QED) is 0.843. The fraction of sp³-hybridized carbons (Fsp3) is 0.0714. The van der Waals surface area contributed by atoms with Crippen molar-refractivity contribution in [2.45, 2.75) is 0 Å². The Balaban J connectivity index is 2.26. The monoisotopic (exact) mass is 226 g/mol. The maximum Gasteiger partial charge on any atom is 0.238 e. The van der Waals surface area contributed by atoms with E-state index < -0.39 is 0 Å². The minimum Gasteiger partial charge on any atom is -0.325 e. The molecule has 0 aliphatic rings. The first kappa shape index (κ1) is 11.4. The van der Waals surface area contributed by atoms with Gasteiger partial charge in [0.25, 0.3) is 0 Å². The summed E-state index contributed by atoms with van der Waals surface area (Å²) in [5.74, 6) is -0.185. The van der Waals surface area contributed by atoms with Crippen LogP contribution in [0.2, 0.25) is 0 Å². The lowest BCUT2D eigenvalue weighted by atomic mass is 10.1. The van der Waals surface area contributed by atoms with E-state index in [1.807, 2.05) is 54.6 Å². The normalized spacial score (nSPS) is 9.94. The van der Waals surface area contributed by atoms with Gasteiger partial charge in [-0.15, -0.1) is 0 Å². The van der Waals surface area contributed by atoms with Crippen LogP contribution in [-0.2, 0) is 4.79 Å². The van der Waals surface area contributed by atoms with E-state index in [1.165, 1.54) is 0 Å². The Bertz CT molecular complexity index is 509. The highest BCUT2D eigenvalue weighted by molar-refractivity contribution is 5.92. The second-order valence-corrected chi connectivity index (χ2v) is 3.70. The third-order valence-corrected chi connectivity index (χ3v) is 2.44. The molecule has 3 N–H and O–H groups in total. The van der Waals surface area contributed by atoms with Crippen LogP contribution in [0.1, 0.15) is 0 Å². The minimum absolute atomic E-state index is 0.00440. The van der Waals surface area contributed by atoms with Crippen molar-refractivity contribution >= 4 is 11.6 Å². The number of rotatable bonds is 3. The molecule has 0 radical (unpaired) electrons. The Morgan fingerprint density at radius 3 is 2.41 bits per heavy atom. The number of nitrogens with two attached hydrogens (primary N) is 1. The molecule has 3 nitrogen and oxygen atoms in total. The minimum atomic E-state index is -0.185. The molecule has 0 saturated heterocycles. The molecule has 0 aromatic heterocycles. The van der Waals surface area contributed by atoms with Crippen LogP contribution in [0, 0.1) is 0 Å². The van der Waals surface area contributed by atoms with E-state index in [2.05, 4.69) is 5.32 Å². The zero-order valence-electron chi connectivity index (χ0n) is 9.39. The van der Waals surface area contributed by atoms with Crippen molar-refractivity contribution in [3.63, 3.8) is 0 Å². The second kappa shape index (κ2) is 5.27. The summed E-state index contributed by atoms with van der Waals surface area (Å²) in [6, 6.07) is 17.7. The SMILES string of the molecule is NCC(=O)Nc1cccc(-c2ccccc2)c1. The Kier molecular flexibility index (Phi) is 3.52. The summed E-state index contributed by atoms with van der Waals surface area (Å²) in [6.45, 7) is -0.00440. The van der Waals surface area contributed by atoms with E-state index in [0.29, 0.717) is 0 Å². The van der Waals surface area contributed by atoms with E-state index in [9.17, 15) is 4.79 Å². The molecule has 0 spiro atoms. The molecule has 0 bridgehead atoms. The van der Waals surface area contributed by atoms with Gasteiger partial charge in [0, 0.05) is 5.69 Å². The molecular weight excluding hydrogens is 212 g/mol. The Morgan fingerprint density at radius 1 is 1.00 bits per heavy atom. The van der Waals surface area contributed by atoms with Gasteiger partial charge in [-0.3, -0.25) is 4.79 Å². The molecule has 0 aliphatic heterocycles.